The maximum atomic E-state index is 11.1. The van der Waals surface area contributed by atoms with Gasteiger partial charge in [0.15, 0.2) is 0 Å². The Morgan fingerprint density at radius 2 is 1.85 bits per heavy atom. The Hall–Kier alpha value is -3.23. The molecular weight excluding hydrogens is 446 g/mol. The predicted molar refractivity (Wildman–Crippen MR) is 127 cm³/mol. The summed E-state index contributed by atoms with van der Waals surface area (Å²) in [6.45, 7) is 0.742. The number of carbonyl (C=O) groups excluding carboxylic acids is 1. The number of methoxy groups -OCH3 is 2. The fourth-order valence-corrected chi connectivity index (χ4v) is 3.41. The number of amides is 1. The highest BCUT2D eigenvalue weighted by atomic mass is 35.5. The minimum atomic E-state index is -0.581. The first-order valence-corrected chi connectivity index (χ1v) is 10.4. The summed E-state index contributed by atoms with van der Waals surface area (Å²) < 4.78 is 18.4. The van der Waals surface area contributed by atoms with Crippen molar-refractivity contribution in [2.45, 2.75) is 38.5 Å². The van der Waals surface area contributed by atoms with E-state index in [4.69, 9.17) is 19.9 Å². The van der Waals surface area contributed by atoms with Gasteiger partial charge in [0.05, 0.1) is 26.7 Å². The van der Waals surface area contributed by atoms with Crippen LogP contribution in [0, 0.1) is 0 Å². The molecule has 9 heteroatoms. The van der Waals surface area contributed by atoms with Crippen molar-refractivity contribution < 1.29 is 24.1 Å². The second-order valence-corrected chi connectivity index (χ2v) is 7.48. The molecule has 0 bridgehead atoms. The van der Waals surface area contributed by atoms with Crippen LogP contribution >= 0.6 is 12.4 Å². The topological polar surface area (TPSA) is 109 Å². The first-order chi connectivity index (χ1) is 15.5. The van der Waals surface area contributed by atoms with Crippen LogP contribution in [-0.4, -0.2) is 40.9 Å². The fourth-order valence-electron chi connectivity index (χ4n) is 3.41. The molecule has 0 saturated heterocycles. The van der Waals surface area contributed by atoms with Gasteiger partial charge in [-0.25, -0.2) is 4.98 Å². The van der Waals surface area contributed by atoms with Gasteiger partial charge in [-0.2, -0.15) is 0 Å². The van der Waals surface area contributed by atoms with Crippen LogP contribution in [0.25, 0.3) is 0 Å². The maximum Gasteiger partial charge on any atom is 0.268 e. The molecule has 1 aromatic heterocycles. The van der Waals surface area contributed by atoms with Crippen LogP contribution in [0.2, 0.25) is 0 Å². The number of rotatable bonds is 12. The van der Waals surface area contributed by atoms with Crippen molar-refractivity contribution in [1.29, 1.82) is 0 Å². The molecule has 3 N–H and O–H groups in total. The molecule has 3 aromatic rings. The third-order valence-electron chi connectivity index (χ3n) is 5.07. The van der Waals surface area contributed by atoms with E-state index in [1.165, 1.54) is 6.33 Å². The zero-order valence-electron chi connectivity index (χ0n) is 18.8. The van der Waals surface area contributed by atoms with Gasteiger partial charge in [-0.15, -0.1) is 12.4 Å². The number of hydrogen-bond donors (Lipinski definition) is 2. The van der Waals surface area contributed by atoms with E-state index in [-0.39, 0.29) is 18.1 Å². The number of aromatic nitrogens is 2. The Labute approximate surface area is 199 Å². The molecule has 3 rings (SSSR count). The lowest BCUT2D eigenvalue weighted by molar-refractivity contribution is 0.0995. The van der Waals surface area contributed by atoms with Gasteiger partial charge in [0, 0.05) is 18.8 Å². The lowest BCUT2D eigenvalue weighted by Crippen LogP contribution is -2.15. The number of nitrogens with zero attached hydrogens (tertiary/aromatic N) is 2. The molecule has 0 unspecified atom stereocenters. The summed E-state index contributed by atoms with van der Waals surface area (Å²) in [6, 6.07) is 13.5. The van der Waals surface area contributed by atoms with Crippen molar-refractivity contribution in [1.82, 2.24) is 9.55 Å². The zero-order chi connectivity index (χ0) is 22.9. The number of aliphatic hydroxyl groups excluding tert-OH is 1. The molecule has 0 radical (unpaired) electrons. The minimum Gasteiger partial charge on any atom is -0.497 e. The van der Waals surface area contributed by atoms with Gasteiger partial charge in [-0.3, -0.25) is 4.79 Å². The summed E-state index contributed by atoms with van der Waals surface area (Å²) in [5.41, 5.74) is 7.42. The highest BCUT2D eigenvalue weighted by molar-refractivity contribution is 5.90. The molecule has 0 saturated carbocycles. The van der Waals surface area contributed by atoms with Crippen molar-refractivity contribution in [2.75, 3.05) is 14.2 Å². The van der Waals surface area contributed by atoms with Crippen molar-refractivity contribution in [3.05, 3.63) is 71.8 Å². The summed E-state index contributed by atoms with van der Waals surface area (Å²) in [7, 11) is 3.24. The predicted octanol–water partition coefficient (Wildman–Crippen LogP) is 3.38. The van der Waals surface area contributed by atoms with Crippen molar-refractivity contribution in [2.24, 2.45) is 5.73 Å². The largest absolute Gasteiger partial charge is 0.497 e. The van der Waals surface area contributed by atoms with Crippen molar-refractivity contribution in [3.63, 3.8) is 0 Å². The average Bonchev–Trinajstić information content (AvgIpc) is 3.27. The number of hydrogen-bond acceptors (Lipinski definition) is 6. The standard InChI is InChI=1S/C24H29N3O5.ClH/c1-30-20-10-17(11-21(12-20)31-2)15-32-23-9-4-3-6-18(23)7-5-8-19(28)13-27-14-22(24(25)29)26-16-27;/h3-4,6,9-12,14,16,19,28H,5,7-8,13,15H2,1-2H3,(H2,25,29);1H/t19-;/m0./s1. The molecule has 0 aliphatic heterocycles. The highest BCUT2D eigenvalue weighted by Crippen LogP contribution is 2.25. The van der Waals surface area contributed by atoms with Crippen LogP contribution in [0.4, 0.5) is 0 Å². The smallest absolute Gasteiger partial charge is 0.268 e. The third-order valence-corrected chi connectivity index (χ3v) is 5.07. The molecule has 2 aromatic carbocycles. The summed E-state index contributed by atoms with van der Waals surface area (Å²) >= 11 is 0. The molecule has 1 amide bonds. The average molecular weight is 476 g/mol. The van der Waals surface area contributed by atoms with Crippen LogP contribution in [0.15, 0.2) is 55.0 Å². The maximum absolute atomic E-state index is 11.1. The lowest BCUT2D eigenvalue weighted by atomic mass is 10.0. The van der Waals surface area contributed by atoms with E-state index in [2.05, 4.69) is 4.98 Å². The molecule has 178 valence electrons. The molecule has 33 heavy (non-hydrogen) atoms. The number of para-hydroxylation sites is 1. The molecule has 8 nitrogen and oxygen atoms in total. The SMILES string of the molecule is COc1cc(COc2ccccc2CCC[C@H](O)Cn2cnc(C(N)=O)c2)cc(OC)c1.Cl. The second kappa shape index (κ2) is 12.7. The molecule has 0 spiro atoms. The first kappa shape index (κ1) is 26.0. The normalized spacial score (nSPS) is 11.4. The van der Waals surface area contributed by atoms with Gasteiger partial charge in [0.2, 0.25) is 0 Å². The molecule has 0 aliphatic rings. The van der Waals surface area contributed by atoms with E-state index in [1.54, 1.807) is 25.0 Å². The Balaban J connectivity index is 0.00000385. The van der Waals surface area contributed by atoms with Crippen molar-refractivity contribution >= 4 is 18.3 Å². The Kier molecular flexibility index (Phi) is 10.0. The number of halogens is 1. The van der Waals surface area contributed by atoms with Gasteiger partial charge in [-0.1, -0.05) is 18.2 Å². The number of ether oxygens (including phenoxy) is 3. The molecular formula is C24H30ClN3O5. The summed E-state index contributed by atoms with van der Waals surface area (Å²) in [5, 5.41) is 10.3. The zero-order valence-corrected chi connectivity index (χ0v) is 19.6. The number of aliphatic hydroxyl groups is 1. The monoisotopic (exact) mass is 475 g/mol. The molecule has 1 atom stereocenters. The fraction of sp³-hybridized carbons (Fsp3) is 0.333. The molecule has 0 fully saturated rings. The van der Waals surface area contributed by atoms with Crippen molar-refractivity contribution in [3.8, 4) is 17.2 Å². The van der Waals surface area contributed by atoms with Gasteiger partial charge in [0.1, 0.15) is 29.5 Å². The highest BCUT2D eigenvalue weighted by Gasteiger charge is 2.11. The Morgan fingerprint density at radius 1 is 1.15 bits per heavy atom. The van der Waals surface area contributed by atoms with Gasteiger partial charge in [-0.05, 0) is 48.6 Å². The minimum absolute atomic E-state index is 0. The van der Waals surface area contributed by atoms with E-state index in [9.17, 15) is 9.90 Å². The number of imidazole rings is 1. The summed E-state index contributed by atoms with van der Waals surface area (Å²) in [4.78, 5) is 15.0. The van der Waals surface area contributed by atoms with Crippen LogP contribution in [0.3, 0.4) is 0 Å². The van der Waals surface area contributed by atoms with Gasteiger partial charge < -0.3 is 29.6 Å². The number of nitrogens with two attached hydrogens (primary N) is 1. The number of benzene rings is 2. The summed E-state index contributed by atoms with van der Waals surface area (Å²) in [5.74, 6) is 1.66. The van der Waals surface area contributed by atoms with E-state index in [0.717, 1.165) is 29.7 Å². The van der Waals surface area contributed by atoms with Gasteiger partial charge in [0.25, 0.3) is 5.91 Å². The Morgan fingerprint density at radius 3 is 2.48 bits per heavy atom. The van der Waals surface area contributed by atoms with Crippen LogP contribution < -0.4 is 19.9 Å². The molecule has 0 aliphatic carbocycles. The molecule has 1 heterocycles. The number of carbonyl (C=O) groups is 1. The van der Waals surface area contributed by atoms with E-state index in [0.29, 0.717) is 31.1 Å². The van der Waals surface area contributed by atoms with E-state index in [1.807, 2.05) is 42.5 Å². The van der Waals surface area contributed by atoms with Crippen LogP contribution in [-0.2, 0) is 19.6 Å². The van der Waals surface area contributed by atoms with Gasteiger partial charge >= 0.3 is 0 Å². The van der Waals surface area contributed by atoms with E-state index >= 15 is 0 Å². The van der Waals surface area contributed by atoms with Crippen LogP contribution in [0.5, 0.6) is 17.2 Å². The lowest BCUT2D eigenvalue weighted by Gasteiger charge is -2.14. The Bertz CT molecular complexity index is 1020. The first-order valence-electron chi connectivity index (χ1n) is 10.4. The second-order valence-electron chi connectivity index (χ2n) is 7.48. The summed E-state index contributed by atoms with van der Waals surface area (Å²) in [6.07, 6.45) is 4.65. The van der Waals surface area contributed by atoms with E-state index < -0.39 is 12.0 Å². The number of aryl methyl sites for hydroxylation is 1. The quantitative estimate of drug-likeness (QED) is 0.415. The third kappa shape index (κ3) is 7.69. The number of primary amides is 1. The van der Waals surface area contributed by atoms with Crippen LogP contribution in [0.1, 0.15) is 34.5 Å².